The van der Waals surface area contributed by atoms with E-state index in [1.165, 1.54) is 0 Å². The maximum Gasteiger partial charge on any atom is 0.254 e. The molecule has 1 aliphatic heterocycles. The maximum absolute atomic E-state index is 13.2. The van der Waals surface area contributed by atoms with Crippen molar-refractivity contribution in [3.63, 3.8) is 0 Å². The second-order valence-corrected chi connectivity index (χ2v) is 6.93. The topological polar surface area (TPSA) is 97.4 Å². The fourth-order valence-corrected chi connectivity index (χ4v) is 3.51. The molecule has 1 unspecified atom stereocenters. The summed E-state index contributed by atoms with van der Waals surface area (Å²) in [6.07, 6.45) is 3.92. The first-order chi connectivity index (χ1) is 14.1. The van der Waals surface area contributed by atoms with E-state index in [-0.39, 0.29) is 24.4 Å². The van der Waals surface area contributed by atoms with Gasteiger partial charge in [0, 0.05) is 37.6 Å². The molecule has 9 heteroatoms. The Bertz CT molecular complexity index is 969. The molecule has 1 aromatic carbocycles. The zero-order valence-electron chi connectivity index (χ0n) is 16.1. The predicted octanol–water partition coefficient (Wildman–Crippen LogP) is 1.69. The molecule has 0 saturated carbocycles. The lowest BCUT2D eigenvalue weighted by molar-refractivity contribution is -0.131. The largest absolute Gasteiger partial charge is 0.339 e. The summed E-state index contributed by atoms with van der Waals surface area (Å²) in [4.78, 5) is 33.7. The van der Waals surface area contributed by atoms with Gasteiger partial charge in [0.15, 0.2) is 5.82 Å². The van der Waals surface area contributed by atoms with Crippen LogP contribution in [0.25, 0.3) is 0 Å². The van der Waals surface area contributed by atoms with Crippen LogP contribution in [0.2, 0.25) is 0 Å². The van der Waals surface area contributed by atoms with Crippen LogP contribution in [0.15, 0.2) is 53.3 Å². The van der Waals surface area contributed by atoms with Crippen LogP contribution in [0, 0.1) is 6.92 Å². The van der Waals surface area contributed by atoms with E-state index < -0.39 is 0 Å². The van der Waals surface area contributed by atoms with Crippen molar-refractivity contribution in [3.8, 4) is 0 Å². The fraction of sp³-hybridized carbons (Fsp3) is 0.350. The molecule has 1 fully saturated rings. The number of carbonyl (C=O) groups excluding carboxylic acids is 2. The minimum atomic E-state index is -0.383. The van der Waals surface area contributed by atoms with Crippen molar-refractivity contribution < 1.29 is 14.1 Å². The molecule has 2 amide bonds. The van der Waals surface area contributed by atoms with Crippen LogP contribution in [0.3, 0.4) is 0 Å². The number of aromatic nitrogens is 4. The number of benzene rings is 1. The highest BCUT2D eigenvalue weighted by molar-refractivity contribution is 5.94. The van der Waals surface area contributed by atoms with Crippen molar-refractivity contribution in [2.24, 2.45) is 0 Å². The molecule has 0 aliphatic carbocycles. The number of aryl methyl sites for hydroxylation is 1. The van der Waals surface area contributed by atoms with Crippen LogP contribution in [-0.2, 0) is 11.3 Å². The van der Waals surface area contributed by atoms with E-state index >= 15 is 0 Å². The molecule has 3 heterocycles. The molecular weight excluding hydrogens is 372 g/mol. The standard InChI is InChI=1S/C20H22N6O3/c1-15-22-19(29-23-15)17-8-11-24(18(27)14-25-10-5-9-21-25)12-13-26(17)20(28)16-6-3-2-4-7-16/h2-7,9-10,17H,8,11-14H2,1H3. The van der Waals surface area contributed by atoms with Gasteiger partial charge in [-0.05, 0) is 31.5 Å². The summed E-state index contributed by atoms with van der Waals surface area (Å²) < 4.78 is 6.98. The Labute approximate surface area is 167 Å². The molecule has 0 bridgehead atoms. The molecular formula is C20H22N6O3. The quantitative estimate of drug-likeness (QED) is 0.668. The van der Waals surface area contributed by atoms with Crippen molar-refractivity contribution in [3.05, 3.63) is 66.1 Å². The highest BCUT2D eigenvalue weighted by Gasteiger charge is 2.34. The highest BCUT2D eigenvalue weighted by Crippen LogP contribution is 2.27. The molecule has 2 aromatic heterocycles. The van der Waals surface area contributed by atoms with Gasteiger partial charge in [0.2, 0.25) is 11.8 Å². The monoisotopic (exact) mass is 394 g/mol. The third-order valence-corrected chi connectivity index (χ3v) is 4.98. The molecule has 4 rings (SSSR count). The Balaban J connectivity index is 1.56. The first-order valence-corrected chi connectivity index (χ1v) is 9.53. The summed E-state index contributed by atoms with van der Waals surface area (Å²) in [5.41, 5.74) is 0.588. The maximum atomic E-state index is 13.2. The summed E-state index contributed by atoms with van der Waals surface area (Å²) >= 11 is 0. The lowest BCUT2D eigenvalue weighted by Crippen LogP contribution is -2.39. The number of nitrogens with zero attached hydrogens (tertiary/aromatic N) is 6. The summed E-state index contributed by atoms with van der Waals surface area (Å²) in [6.45, 7) is 3.22. The van der Waals surface area contributed by atoms with Crippen molar-refractivity contribution in [1.82, 2.24) is 29.7 Å². The first kappa shape index (κ1) is 18.9. The highest BCUT2D eigenvalue weighted by atomic mass is 16.5. The fourth-order valence-electron chi connectivity index (χ4n) is 3.51. The van der Waals surface area contributed by atoms with Gasteiger partial charge in [-0.15, -0.1) is 0 Å². The first-order valence-electron chi connectivity index (χ1n) is 9.53. The van der Waals surface area contributed by atoms with Crippen molar-refractivity contribution >= 4 is 11.8 Å². The average molecular weight is 394 g/mol. The Morgan fingerprint density at radius 2 is 1.97 bits per heavy atom. The van der Waals surface area contributed by atoms with Gasteiger partial charge in [-0.2, -0.15) is 10.1 Å². The van der Waals surface area contributed by atoms with Gasteiger partial charge < -0.3 is 14.3 Å². The zero-order valence-corrected chi connectivity index (χ0v) is 16.1. The number of amides is 2. The van der Waals surface area contributed by atoms with Gasteiger partial charge in [0.25, 0.3) is 5.91 Å². The Hall–Kier alpha value is -3.49. The zero-order chi connectivity index (χ0) is 20.2. The Kier molecular flexibility index (Phi) is 5.37. The van der Waals surface area contributed by atoms with E-state index in [1.807, 2.05) is 18.2 Å². The Morgan fingerprint density at radius 1 is 1.14 bits per heavy atom. The third-order valence-electron chi connectivity index (χ3n) is 4.98. The lowest BCUT2D eigenvalue weighted by Gasteiger charge is -2.27. The molecule has 1 aliphatic rings. The van der Waals surface area contributed by atoms with Crippen molar-refractivity contribution in [1.29, 1.82) is 0 Å². The van der Waals surface area contributed by atoms with E-state index in [2.05, 4.69) is 15.2 Å². The van der Waals surface area contributed by atoms with Crippen LogP contribution in [0.1, 0.15) is 34.5 Å². The summed E-state index contributed by atoms with van der Waals surface area (Å²) in [7, 11) is 0. The molecule has 0 spiro atoms. The smallest absolute Gasteiger partial charge is 0.254 e. The van der Waals surface area contributed by atoms with Crippen LogP contribution in [-0.4, -0.2) is 61.2 Å². The van der Waals surface area contributed by atoms with Gasteiger partial charge in [-0.25, -0.2) is 0 Å². The average Bonchev–Trinajstić information content (AvgIpc) is 3.34. The van der Waals surface area contributed by atoms with Crippen LogP contribution < -0.4 is 0 Å². The van der Waals surface area contributed by atoms with Crippen LogP contribution >= 0.6 is 0 Å². The minimum Gasteiger partial charge on any atom is -0.339 e. The molecule has 9 nitrogen and oxygen atoms in total. The number of carbonyl (C=O) groups is 2. The summed E-state index contributed by atoms with van der Waals surface area (Å²) in [5, 5.41) is 7.97. The van der Waals surface area contributed by atoms with Gasteiger partial charge in [-0.1, -0.05) is 23.4 Å². The van der Waals surface area contributed by atoms with Gasteiger partial charge in [0.1, 0.15) is 12.6 Å². The SMILES string of the molecule is Cc1noc(C2CCN(C(=O)Cn3cccn3)CCN2C(=O)c2ccccc2)n1. The van der Waals surface area contributed by atoms with Crippen molar-refractivity contribution in [2.75, 3.05) is 19.6 Å². The molecule has 0 radical (unpaired) electrons. The number of rotatable bonds is 4. The van der Waals surface area contributed by atoms with Crippen LogP contribution in [0.4, 0.5) is 0 Å². The van der Waals surface area contributed by atoms with Gasteiger partial charge in [0.05, 0.1) is 0 Å². The molecule has 1 atom stereocenters. The second-order valence-electron chi connectivity index (χ2n) is 6.93. The van der Waals surface area contributed by atoms with Gasteiger partial charge in [-0.3, -0.25) is 14.3 Å². The lowest BCUT2D eigenvalue weighted by atomic mass is 10.1. The van der Waals surface area contributed by atoms with E-state index in [4.69, 9.17) is 4.52 Å². The van der Waals surface area contributed by atoms with E-state index in [1.54, 1.807) is 52.0 Å². The van der Waals surface area contributed by atoms with E-state index in [9.17, 15) is 9.59 Å². The number of hydrogen-bond donors (Lipinski definition) is 0. The second kappa shape index (κ2) is 8.26. The number of hydrogen-bond acceptors (Lipinski definition) is 6. The normalized spacial score (nSPS) is 17.2. The Morgan fingerprint density at radius 3 is 2.66 bits per heavy atom. The predicted molar refractivity (Wildman–Crippen MR) is 103 cm³/mol. The molecule has 150 valence electrons. The third kappa shape index (κ3) is 4.18. The van der Waals surface area contributed by atoms with E-state index in [0.717, 1.165) is 0 Å². The molecule has 3 aromatic rings. The van der Waals surface area contributed by atoms with Gasteiger partial charge >= 0.3 is 0 Å². The summed E-state index contributed by atoms with van der Waals surface area (Å²) in [5.74, 6) is 0.757. The van der Waals surface area contributed by atoms with Crippen molar-refractivity contribution in [2.45, 2.75) is 25.9 Å². The van der Waals surface area contributed by atoms with E-state index in [0.29, 0.717) is 43.3 Å². The molecule has 1 saturated heterocycles. The minimum absolute atomic E-state index is 0.0387. The molecule has 29 heavy (non-hydrogen) atoms. The summed E-state index contributed by atoms with van der Waals surface area (Å²) in [6, 6.07) is 10.5. The van der Waals surface area contributed by atoms with Crippen LogP contribution in [0.5, 0.6) is 0 Å². The molecule has 0 N–H and O–H groups in total.